The fourth-order valence-corrected chi connectivity index (χ4v) is 5.68. The van der Waals surface area contributed by atoms with E-state index in [1.807, 2.05) is 0 Å². The van der Waals surface area contributed by atoms with Crippen LogP contribution in [0.4, 0.5) is 0 Å². The molecule has 4 rings (SSSR count). The molecule has 0 unspecified atom stereocenters. The molecule has 6 nitrogen and oxygen atoms in total. The van der Waals surface area contributed by atoms with Crippen LogP contribution in [0.15, 0.2) is 47.4 Å². The van der Waals surface area contributed by atoms with Crippen molar-refractivity contribution in [2.75, 3.05) is 13.1 Å². The van der Waals surface area contributed by atoms with Gasteiger partial charge in [0.2, 0.25) is 10.0 Å². The lowest BCUT2D eigenvalue weighted by Gasteiger charge is -2.26. The summed E-state index contributed by atoms with van der Waals surface area (Å²) in [7, 11) is -3.69. The number of hydrogen-bond acceptors (Lipinski definition) is 4. The second-order valence-electron chi connectivity index (χ2n) is 7.13. The van der Waals surface area contributed by atoms with Gasteiger partial charge in [0.05, 0.1) is 26.7 Å². The maximum Gasteiger partial charge on any atom is 0.336 e. The van der Waals surface area contributed by atoms with Gasteiger partial charge in [-0.2, -0.15) is 4.31 Å². The number of rotatable bonds is 4. The molecule has 1 aliphatic heterocycles. The van der Waals surface area contributed by atoms with E-state index in [4.69, 9.17) is 23.2 Å². The lowest BCUT2D eigenvalue weighted by Crippen LogP contribution is -2.35. The Morgan fingerprint density at radius 1 is 1.00 bits per heavy atom. The summed E-state index contributed by atoms with van der Waals surface area (Å²) in [6, 6.07) is 10.7. The van der Waals surface area contributed by atoms with E-state index in [-0.39, 0.29) is 15.8 Å². The van der Waals surface area contributed by atoms with E-state index in [0.29, 0.717) is 39.9 Å². The van der Waals surface area contributed by atoms with Gasteiger partial charge in [-0.1, -0.05) is 29.6 Å². The van der Waals surface area contributed by atoms with E-state index in [1.165, 1.54) is 28.6 Å². The first-order valence-electron chi connectivity index (χ1n) is 9.41. The summed E-state index contributed by atoms with van der Waals surface area (Å²) in [6.45, 7) is 0.941. The Kier molecular flexibility index (Phi) is 5.72. The highest BCUT2D eigenvalue weighted by molar-refractivity contribution is 7.89. The SMILES string of the molecule is O=C(O)c1cc(-c2ccc(Cl)cc2Cl)nc2ccc(S(=O)(=O)N3CCCCC3)cc12. The van der Waals surface area contributed by atoms with Gasteiger partial charge in [-0.05, 0) is 55.3 Å². The third kappa shape index (κ3) is 3.90. The summed E-state index contributed by atoms with van der Waals surface area (Å²) in [6.07, 6.45) is 2.65. The Hall–Kier alpha value is -2.19. The molecule has 3 aromatic rings. The number of benzene rings is 2. The topological polar surface area (TPSA) is 87.6 Å². The van der Waals surface area contributed by atoms with Crippen LogP contribution in [0.1, 0.15) is 29.6 Å². The number of hydrogen-bond donors (Lipinski definition) is 1. The minimum atomic E-state index is -3.69. The molecule has 1 aliphatic rings. The van der Waals surface area contributed by atoms with Crippen LogP contribution >= 0.6 is 23.2 Å². The molecule has 156 valence electrons. The molecule has 0 spiro atoms. The van der Waals surface area contributed by atoms with E-state index < -0.39 is 16.0 Å². The van der Waals surface area contributed by atoms with Crippen molar-refractivity contribution in [1.82, 2.24) is 9.29 Å². The highest BCUT2D eigenvalue weighted by atomic mass is 35.5. The third-order valence-electron chi connectivity index (χ3n) is 5.17. The first-order chi connectivity index (χ1) is 14.3. The second-order valence-corrected chi connectivity index (χ2v) is 9.91. The second kappa shape index (κ2) is 8.15. The number of carboxylic acid groups (broad SMARTS) is 1. The average molecular weight is 465 g/mol. The van der Waals surface area contributed by atoms with Crippen LogP contribution in [-0.2, 0) is 10.0 Å². The Morgan fingerprint density at radius 2 is 1.73 bits per heavy atom. The zero-order chi connectivity index (χ0) is 21.5. The van der Waals surface area contributed by atoms with Crippen molar-refractivity contribution >= 4 is 50.1 Å². The molecule has 0 aliphatic carbocycles. The predicted molar refractivity (Wildman–Crippen MR) is 117 cm³/mol. The van der Waals surface area contributed by atoms with Crippen LogP contribution in [0, 0.1) is 0 Å². The first kappa shape index (κ1) is 21.1. The summed E-state index contributed by atoms with van der Waals surface area (Å²) in [5.41, 5.74) is 1.23. The fraction of sp³-hybridized carbons (Fsp3) is 0.238. The molecular formula is C21H18Cl2N2O4S. The van der Waals surface area contributed by atoms with Crippen molar-refractivity contribution in [3.05, 3.63) is 58.1 Å². The summed E-state index contributed by atoms with van der Waals surface area (Å²) < 4.78 is 27.5. The van der Waals surface area contributed by atoms with Crippen LogP contribution in [0.25, 0.3) is 22.2 Å². The van der Waals surface area contributed by atoms with Gasteiger partial charge in [-0.15, -0.1) is 0 Å². The van der Waals surface area contributed by atoms with Gasteiger partial charge in [-0.25, -0.2) is 18.2 Å². The Labute approximate surface area is 184 Å². The van der Waals surface area contributed by atoms with Crippen LogP contribution in [-0.4, -0.2) is 41.9 Å². The van der Waals surface area contributed by atoms with Crippen LogP contribution < -0.4 is 0 Å². The third-order valence-corrected chi connectivity index (χ3v) is 7.61. The van der Waals surface area contributed by atoms with E-state index in [1.54, 1.807) is 18.2 Å². The molecule has 1 fully saturated rings. The summed E-state index contributed by atoms with van der Waals surface area (Å²) >= 11 is 12.2. The number of carboxylic acids is 1. The molecule has 9 heteroatoms. The number of fused-ring (bicyclic) bond motifs is 1. The zero-order valence-electron chi connectivity index (χ0n) is 15.8. The number of nitrogens with zero attached hydrogens (tertiary/aromatic N) is 2. The summed E-state index contributed by atoms with van der Waals surface area (Å²) in [4.78, 5) is 16.5. The first-order valence-corrected chi connectivity index (χ1v) is 11.6. The number of aromatic carboxylic acids is 1. The summed E-state index contributed by atoms with van der Waals surface area (Å²) in [5, 5.41) is 10.8. The molecule has 30 heavy (non-hydrogen) atoms. The molecule has 0 radical (unpaired) electrons. The molecule has 2 heterocycles. The molecule has 1 aromatic heterocycles. The maximum atomic E-state index is 13.0. The molecular weight excluding hydrogens is 447 g/mol. The van der Waals surface area contributed by atoms with Crippen molar-refractivity contribution in [2.24, 2.45) is 0 Å². The molecule has 1 N–H and O–H groups in total. The molecule has 2 aromatic carbocycles. The normalized spacial score (nSPS) is 15.4. The predicted octanol–water partition coefficient (Wildman–Crippen LogP) is 5.08. The van der Waals surface area contributed by atoms with Crippen LogP contribution in [0.2, 0.25) is 10.0 Å². The quantitative estimate of drug-likeness (QED) is 0.581. The monoisotopic (exact) mass is 464 g/mol. The van der Waals surface area contributed by atoms with Gasteiger partial charge in [-0.3, -0.25) is 0 Å². The smallest absolute Gasteiger partial charge is 0.336 e. The maximum absolute atomic E-state index is 13.0. The van der Waals surface area contributed by atoms with Gasteiger partial charge in [0.25, 0.3) is 0 Å². The Bertz CT molecular complexity index is 1260. The van der Waals surface area contributed by atoms with E-state index in [9.17, 15) is 18.3 Å². The molecule has 0 bridgehead atoms. The highest BCUT2D eigenvalue weighted by Crippen LogP contribution is 2.33. The Balaban J connectivity index is 1.86. The van der Waals surface area contributed by atoms with Crippen LogP contribution in [0.5, 0.6) is 0 Å². The number of pyridine rings is 1. The zero-order valence-corrected chi connectivity index (χ0v) is 18.1. The van der Waals surface area contributed by atoms with Crippen molar-refractivity contribution in [3.63, 3.8) is 0 Å². The molecule has 0 saturated carbocycles. The van der Waals surface area contributed by atoms with E-state index in [0.717, 1.165) is 19.3 Å². The van der Waals surface area contributed by atoms with E-state index in [2.05, 4.69) is 4.98 Å². The fourth-order valence-electron chi connectivity index (χ4n) is 3.63. The van der Waals surface area contributed by atoms with Gasteiger partial charge in [0.15, 0.2) is 0 Å². The van der Waals surface area contributed by atoms with E-state index >= 15 is 0 Å². The number of carbonyl (C=O) groups is 1. The molecule has 1 saturated heterocycles. The van der Waals surface area contributed by atoms with Crippen molar-refractivity contribution in [3.8, 4) is 11.3 Å². The van der Waals surface area contributed by atoms with Crippen molar-refractivity contribution in [1.29, 1.82) is 0 Å². The van der Waals surface area contributed by atoms with Crippen molar-refractivity contribution < 1.29 is 18.3 Å². The Morgan fingerprint density at radius 3 is 2.40 bits per heavy atom. The number of aromatic nitrogens is 1. The van der Waals surface area contributed by atoms with Crippen LogP contribution in [0.3, 0.4) is 0 Å². The number of sulfonamides is 1. The minimum Gasteiger partial charge on any atom is -0.478 e. The van der Waals surface area contributed by atoms with Crippen molar-refractivity contribution in [2.45, 2.75) is 24.2 Å². The van der Waals surface area contributed by atoms with Gasteiger partial charge >= 0.3 is 5.97 Å². The van der Waals surface area contributed by atoms with Gasteiger partial charge in [0, 0.05) is 29.1 Å². The van der Waals surface area contributed by atoms with Gasteiger partial charge in [0.1, 0.15) is 0 Å². The minimum absolute atomic E-state index is 0.0447. The molecule has 0 amide bonds. The lowest BCUT2D eigenvalue weighted by atomic mass is 10.0. The molecule has 0 atom stereocenters. The number of halogens is 2. The standard InChI is InChI=1S/C21H18Cl2N2O4S/c22-13-4-6-15(18(23)10-13)20-12-17(21(26)27)16-11-14(5-7-19(16)24-20)30(28,29)25-8-2-1-3-9-25/h4-7,10-12H,1-3,8-9H2,(H,26,27). The largest absolute Gasteiger partial charge is 0.478 e. The average Bonchev–Trinajstić information content (AvgIpc) is 2.73. The van der Waals surface area contributed by atoms with Gasteiger partial charge < -0.3 is 5.11 Å². The number of piperidine rings is 1. The summed E-state index contributed by atoms with van der Waals surface area (Å²) in [5.74, 6) is -1.18. The lowest BCUT2D eigenvalue weighted by molar-refractivity contribution is 0.0699. The highest BCUT2D eigenvalue weighted by Gasteiger charge is 2.27.